The van der Waals surface area contributed by atoms with Gasteiger partial charge in [0.05, 0.1) is 23.8 Å². The number of urea groups is 1. The molecule has 0 atom stereocenters. The van der Waals surface area contributed by atoms with E-state index in [9.17, 15) is 4.79 Å². The van der Waals surface area contributed by atoms with Crippen LogP contribution in [0.5, 0.6) is 0 Å². The number of amides is 2. The van der Waals surface area contributed by atoms with E-state index < -0.39 is 0 Å². The number of aliphatic hydroxyl groups excluding tert-OH is 1. The maximum Gasteiger partial charge on any atom is 0.321 e. The topological polar surface area (TPSA) is 70.4 Å². The quantitative estimate of drug-likeness (QED) is 0.912. The number of hydrogen-bond acceptors (Lipinski definition) is 3. The lowest BCUT2D eigenvalue weighted by molar-refractivity contribution is 0.143. The first-order valence-corrected chi connectivity index (χ1v) is 7.53. The Hall–Kier alpha value is -2.34. The molecule has 2 N–H and O–H groups in total. The van der Waals surface area contributed by atoms with Crippen molar-refractivity contribution in [3.63, 3.8) is 0 Å². The lowest BCUT2D eigenvalue weighted by atomic mass is 9.98. The average Bonchev–Trinajstić information content (AvgIpc) is 3.04. The number of benzene rings is 1. The monoisotopic (exact) mass is 300 g/mol. The van der Waals surface area contributed by atoms with Crippen LogP contribution in [0.25, 0.3) is 5.69 Å². The number of likely N-dealkylation sites (tertiary alicyclic amines) is 1. The van der Waals surface area contributed by atoms with Gasteiger partial charge in [-0.05, 0) is 30.9 Å². The second-order valence-electron chi connectivity index (χ2n) is 5.55. The summed E-state index contributed by atoms with van der Waals surface area (Å²) in [6, 6.07) is 9.65. The molecular formula is C16H20N4O2. The van der Waals surface area contributed by atoms with Crippen LogP contribution in [0.4, 0.5) is 10.5 Å². The summed E-state index contributed by atoms with van der Waals surface area (Å²) in [4.78, 5) is 14.0. The third-order valence-corrected chi connectivity index (χ3v) is 4.01. The minimum Gasteiger partial charge on any atom is -0.396 e. The van der Waals surface area contributed by atoms with E-state index in [1.165, 1.54) is 0 Å². The van der Waals surface area contributed by atoms with Gasteiger partial charge in [-0.3, -0.25) is 0 Å². The Morgan fingerprint density at radius 3 is 2.68 bits per heavy atom. The fraction of sp³-hybridized carbons (Fsp3) is 0.375. The molecule has 1 aromatic heterocycles. The fourth-order valence-corrected chi connectivity index (χ4v) is 2.63. The van der Waals surface area contributed by atoms with Crippen molar-refractivity contribution in [1.29, 1.82) is 0 Å². The largest absolute Gasteiger partial charge is 0.396 e. The van der Waals surface area contributed by atoms with Crippen molar-refractivity contribution >= 4 is 11.7 Å². The Balaban J connectivity index is 1.60. The molecule has 1 aromatic carbocycles. The van der Waals surface area contributed by atoms with Gasteiger partial charge in [0.2, 0.25) is 0 Å². The number of piperidine rings is 1. The fourth-order valence-electron chi connectivity index (χ4n) is 2.63. The molecule has 1 aliphatic rings. The molecule has 2 amide bonds. The molecule has 0 radical (unpaired) electrons. The number of carbonyl (C=O) groups is 1. The molecule has 116 valence electrons. The van der Waals surface area contributed by atoms with E-state index in [1.807, 2.05) is 30.3 Å². The van der Waals surface area contributed by atoms with Crippen molar-refractivity contribution in [2.45, 2.75) is 12.8 Å². The summed E-state index contributed by atoms with van der Waals surface area (Å²) in [6.45, 7) is 1.58. The Bertz CT molecular complexity index is 618. The Morgan fingerprint density at radius 2 is 2.00 bits per heavy atom. The summed E-state index contributed by atoms with van der Waals surface area (Å²) in [6.07, 6.45) is 5.15. The maximum absolute atomic E-state index is 12.2. The van der Waals surface area contributed by atoms with Gasteiger partial charge >= 0.3 is 6.03 Å². The van der Waals surface area contributed by atoms with Crippen molar-refractivity contribution in [2.75, 3.05) is 25.0 Å². The maximum atomic E-state index is 12.2. The molecule has 1 aliphatic heterocycles. The zero-order valence-corrected chi connectivity index (χ0v) is 12.4. The zero-order chi connectivity index (χ0) is 15.4. The molecular weight excluding hydrogens is 280 g/mol. The molecule has 6 nitrogen and oxygen atoms in total. The molecule has 0 saturated carbocycles. The first kappa shape index (κ1) is 14.6. The van der Waals surface area contributed by atoms with Gasteiger partial charge < -0.3 is 15.3 Å². The number of nitrogens with zero attached hydrogens (tertiary/aromatic N) is 3. The van der Waals surface area contributed by atoms with Crippen LogP contribution < -0.4 is 5.32 Å². The minimum absolute atomic E-state index is 0.107. The van der Waals surface area contributed by atoms with Crippen LogP contribution in [0.3, 0.4) is 0 Å². The van der Waals surface area contributed by atoms with Gasteiger partial charge in [0.15, 0.2) is 0 Å². The number of hydrogen-bond donors (Lipinski definition) is 2. The van der Waals surface area contributed by atoms with Gasteiger partial charge in [0.25, 0.3) is 0 Å². The Kier molecular flexibility index (Phi) is 4.39. The van der Waals surface area contributed by atoms with Gasteiger partial charge in [0.1, 0.15) is 0 Å². The molecule has 2 aromatic rings. The second-order valence-corrected chi connectivity index (χ2v) is 5.55. The summed E-state index contributed by atoms with van der Waals surface area (Å²) in [7, 11) is 0. The van der Waals surface area contributed by atoms with E-state index in [4.69, 9.17) is 5.11 Å². The smallest absolute Gasteiger partial charge is 0.321 e. The molecule has 3 rings (SSSR count). The van der Waals surface area contributed by atoms with Crippen molar-refractivity contribution in [1.82, 2.24) is 14.7 Å². The third kappa shape index (κ3) is 3.28. The summed E-state index contributed by atoms with van der Waals surface area (Å²) in [5.41, 5.74) is 1.63. The number of para-hydroxylation sites is 1. The molecule has 2 heterocycles. The second kappa shape index (κ2) is 6.62. The summed E-state index contributed by atoms with van der Waals surface area (Å²) < 4.78 is 1.73. The molecule has 1 saturated heterocycles. The zero-order valence-electron chi connectivity index (χ0n) is 12.4. The third-order valence-electron chi connectivity index (χ3n) is 4.01. The van der Waals surface area contributed by atoms with Crippen LogP contribution in [0.15, 0.2) is 42.7 Å². The lowest BCUT2D eigenvalue weighted by Crippen LogP contribution is -2.41. The summed E-state index contributed by atoms with van der Waals surface area (Å²) in [5, 5.41) is 16.3. The summed E-state index contributed by atoms with van der Waals surface area (Å²) in [5.74, 6) is 0.324. The summed E-state index contributed by atoms with van der Waals surface area (Å²) >= 11 is 0. The van der Waals surface area contributed by atoms with Crippen molar-refractivity contribution in [3.8, 4) is 5.69 Å². The highest BCUT2D eigenvalue weighted by molar-refractivity contribution is 5.89. The van der Waals surface area contributed by atoms with Crippen LogP contribution in [-0.4, -0.2) is 45.5 Å². The van der Waals surface area contributed by atoms with E-state index in [2.05, 4.69) is 10.4 Å². The average molecular weight is 300 g/mol. The van der Waals surface area contributed by atoms with E-state index in [-0.39, 0.29) is 12.6 Å². The van der Waals surface area contributed by atoms with Crippen molar-refractivity contribution in [2.24, 2.45) is 5.92 Å². The highest BCUT2D eigenvalue weighted by Gasteiger charge is 2.22. The van der Waals surface area contributed by atoms with Gasteiger partial charge in [-0.2, -0.15) is 5.10 Å². The molecule has 0 unspecified atom stereocenters. The first-order chi connectivity index (χ1) is 10.8. The molecule has 0 aliphatic carbocycles. The highest BCUT2D eigenvalue weighted by atomic mass is 16.3. The predicted molar refractivity (Wildman–Crippen MR) is 84.0 cm³/mol. The number of anilines is 1. The number of aliphatic hydroxyl groups is 1. The van der Waals surface area contributed by atoms with E-state index in [0.29, 0.717) is 24.7 Å². The van der Waals surface area contributed by atoms with Crippen LogP contribution in [0, 0.1) is 5.92 Å². The van der Waals surface area contributed by atoms with Crippen LogP contribution in [-0.2, 0) is 0 Å². The van der Waals surface area contributed by atoms with Gasteiger partial charge in [-0.1, -0.05) is 18.2 Å². The van der Waals surface area contributed by atoms with Crippen molar-refractivity contribution < 1.29 is 9.90 Å². The van der Waals surface area contributed by atoms with E-state index >= 15 is 0 Å². The normalized spacial score (nSPS) is 15.8. The molecule has 0 spiro atoms. The predicted octanol–water partition coefficient (Wildman–Crippen LogP) is 2.11. The number of carbonyl (C=O) groups excluding carboxylic acids is 1. The first-order valence-electron chi connectivity index (χ1n) is 7.53. The molecule has 1 fully saturated rings. The van der Waals surface area contributed by atoms with Gasteiger partial charge in [0, 0.05) is 19.7 Å². The molecule has 6 heteroatoms. The van der Waals surface area contributed by atoms with E-state index in [0.717, 1.165) is 18.5 Å². The Labute approximate surface area is 129 Å². The Morgan fingerprint density at radius 1 is 1.27 bits per heavy atom. The SMILES string of the molecule is O=C(Nc1cnn(-c2ccccc2)c1)N1CCC(CO)CC1. The standard InChI is InChI=1S/C16H20N4O2/c21-12-13-6-8-19(9-7-13)16(22)18-14-10-17-20(11-14)15-4-2-1-3-5-15/h1-5,10-11,13,21H,6-9,12H2,(H,18,22). The van der Waals surface area contributed by atoms with Crippen LogP contribution in [0.2, 0.25) is 0 Å². The minimum atomic E-state index is -0.107. The molecule has 22 heavy (non-hydrogen) atoms. The number of rotatable bonds is 3. The van der Waals surface area contributed by atoms with Gasteiger partial charge in [-0.25, -0.2) is 9.48 Å². The molecule has 0 bridgehead atoms. The van der Waals surface area contributed by atoms with E-state index in [1.54, 1.807) is 22.0 Å². The number of aromatic nitrogens is 2. The lowest BCUT2D eigenvalue weighted by Gasteiger charge is -2.30. The van der Waals surface area contributed by atoms with Crippen LogP contribution in [0.1, 0.15) is 12.8 Å². The van der Waals surface area contributed by atoms with Crippen molar-refractivity contribution in [3.05, 3.63) is 42.7 Å². The number of nitrogens with one attached hydrogen (secondary N) is 1. The van der Waals surface area contributed by atoms with Gasteiger partial charge in [-0.15, -0.1) is 0 Å². The highest BCUT2D eigenvalue weighted by Crippen LogP contribution is 2.18. The van der Waals surface area contributed by atoms with Crippen LogP contribution >= 0.6 is 0 Å².